The molecule has 0 amide bonds. The first-order valence-electron chi connectivity index (χ1n) is 8.43. The number of nitrogens with two attached hydrogens (primary N) is 1. The van der Waals surface area contributed by atoms with Crippen molar-refractivity contribution in [2.24, 2.45) is 5.73 Å². The van der Waals surface area contributed by atoms with E-state index in [4.69, 9.17) is 10.5 Å². The Morgan fingerprint density at radius 1 is 1.23 bits per heavy atom. The smallest absolute Gasteiger partial charge is 0.323 e. The van der Waals surface area contributed by atoms with E-state index < -0.39 is 11.6 Å². The number of esters is 1. The number of hydrogen-bond donors (Lipinski definition) is 1. The minimum absolute atomic E-state index is 0.314. The van der Waals surface area contributed by atoms with Gasteiger partial charge >= 0.3 is 5.97 Å². The van der Waals surface area contributed by atoms with Crippen LogP contribution in [0.15, 0.2) is 24.3 Å². The van der Waals surface area contributed by atoms with Gasteiger partial charge in [-0.15, -0.1) is 0 Å². The van der Waals surface area contributed by atoms with Crippen molar-refractivity contribution < 1.29 is 9.53 Å². The fraction of sp³-hybridized carbons (Fsp3) is 0.632. The lowest BCUT2D eigenvalue weighted by molar-refractivity contribution is -0.156. The number of benzene rings is 1. The Morgan fingerprint density at radius 3 is 2.50 bits per heavy atom. The SMILES string of the molecule is CC(C)(C)OC(=O)[C@@H](N)Cc1ccccc1C1CCCCC1. The van der Waals surface area contributed by atoms with Crippen LogP contribution >= 0.6 is 0 Å². The summed E-state index contributed by atoms with van der Waals surface area (Å²) in [5, 5.41) is 0. The average Bonchev–Trinajstić information content (AvgIpc) is 2.47. The first-order valence-corrected chi connectivity index (χ1v) is 8.43. The third kappa shape index (κ3) is 4.84. The van der Waals surface area contributed by atoms with Gasteiger partial charge in [0.2, 0.25) is 0 Å². The van der Waals surface area contributed by atoms with Crippen molar-refractivity contribution in [2.45, 2.75) is 76.9 Å². The van der Waals surface area contributed by atoms with Crippen LogP contribution in [0.3, 0.4) is 0 Å². The summed E-state index contributed by atoms with van der Waals surface area (Å²) in [6.07, 6.45) is 7.00. The van der Waals surface area contributed by atoms with Gasteiger partial charge in [0.25, 0.3) is 0 Å². The average molecular weight is 303 g/mol. The van der Waals surface area contributed by atoms with Crippen LogP contribution in [0.2, 0.25) is 0 Å². The molecule has 1 aliphatic carbocycles. The van der Waals surface area contributed by atoms with E-state index in [1.165, 1.54) is 43.2 Å². The summed E-state index contributed by atoms with van der Waals surface area (Å²) in [6, 6.07) is 7.83. The monoisotopic (exact) mass is 303 g/mol. The summed E-state index contributed by atoms with van der Waals surface area (Å²) in [5.41, 5.74) is 8.17. The van der Waals surface area contributed by atoms with Crippen molar-refractivity contribution in [2.75, 3.05) is 0 Å². The molecule has 3 nitrogen and oxygen atoms in total. The Bertz CT molecular complexity index is 498. The minimum atomic E-state index is -0.594. The normalized spacial score (nSPS) is 18.0. The van der Waals surface area contributed by atoms with Gasteiger partial charge in [-0.1, -0.05) is 43.5 Å². The van der Waals surface area contributed by atoms with Crippen molar-refractivity contribution in [3.05, 3.63) is 35.4 Å². The van der Waals surface area contributed by atoms with E-state index in [0.29, 0.717) is 12.3 Å². The highest BCUT2D eigenvalue weighted by Gasteiger charge is 2.24. The Hall–Kier alpha value is -1.35. The van der Waals surface area contributed by atoms with Crippen molar-refractivity contribution >= 4 is 5.97 Å². The van der Waals surface area contributed by atoms with E-state index in [-0.39, 0.29) is 5.97 Å². The van der Waals surface area contributed by atoms with Crippen LogP contribution in [0.25, 0.3) is 0 Å². The Labute approximate surface area is 134 Å². The van der Waals surface area contributed by atoms with E-state index in [9.17, 15) is 4.79 Å². The van der Waals surface area contributed by atoms with Crippen molar-refractivity contribution in [3.8, 4) is 0 Å². The second-order valence-electron chi connectivity index (χ2n) is 7.38. The molecule has 3 heteroatoms. The standard InChI is InChI=1S/C19H29NO2/c1-19(2,3)22-18(21)17(20)13-15-11-7-8-12-16(15)14-9-5-4-6-10-14/h7-8,11-12,14,17H,4-6,9-10,13,20H2,1-3H3/t17-/m0/s1. The van der Waals surface area contributed by atoms with Gasteiger partial charge < -0.3 is 10.5 Å². The van der Waals surface area contributed by atoms with Gasteiger partial charge in [-0.25, -0.2) is 0 Å². The fourth-order valence-corrected chi connectivity index (χ4v) is 3.23. The zero-order valence-electron chi connectivity index (χ0n) is 14.1. The number of ether oxygens (including phenoxy) is 1. The predicted molar refractivity (Wildman–Crippen MR) is 89.8 cm³/mol. The molecule has 1 aromatic carbocycles. The zero-order valence-corrected chi connectivity index (χ0v) is 14.1. The van der Waals surface area contributed by atoms with Gasteiger partial charge in [0.1, 0.15) is 11.6 Å². The minimum Gasteiger partial charge on any atom is -0.459 e. The highest BCUT2D eigenvalue weighted by molar-refractivity contribution is 5.76. The van der Waals surface area contributed by atoms with Crippen LogP contribution < -0.4 is 5.73 Å². The molecule has 1 fully saturated rings. The second kappa shape index (κ2) is 7.28. The molecule has 22 heavy (non-hydrogen) atoms. The first-order chi connectivity index (χ1) is 10.4. The molecule has 1 aromatic rings. The molecule has 0 heterocycles. The maximum Gasteiger partial charge on any atom is 0.323 e. The summed E-state index contributed by atoms with van der Waals surface area (Å²) in [4.78, 5) is 12.1. The van der Waals surface area contributed by atoms with E-state index in [2.05, 4.69) is 18.2 Å². The summed E-state index contributed by atoms with van der Waals surface area (Å²) >= 11 is 0. The van der Waals surface area contributed by atoms with Crippen LogP contribution in [-0.2, 0) is 16.0 Å². The van der Waals surface area contributed by atoms with Crippen molar-refractivity contribution in [1.29, 1.82) is 0 Å². The molecule has 0 spiro atoms. The fourth-order valence-electron chi connectivity index (χ4n) is 3.23. The first kappa shape index (κ1) is 17.0. The number of carbonyl (C=O) groups is 1. The molecule has 0 unspecified atom stereocenters. The number of carbonyl (C=O) groups excluding carboxylic acids is 1. The Kier molecular flexibility index (Phi) is 5.63. The zero-order chi connectivity index (χ0) is 16.2. The predicted octanol–water partition coefficient (Wildman–Crippen LogP) is 3.95. The van der Waals surface area contributed by atoms with Gasteiger partial charge in [-0.2, -0.15) is 0 Å². The van der Waals surface area contributed by atoms with Crippen LogP contribution in [0, 0.1) is 0 Å². The maximum absolute atomic E-state index is 12.1. The van der Waals surface area contributed by atoms with Gasteiger partial charge in [-0.05, 0) is 57.1 Å². The third-order valence-electron chi connectivity index (χ3n) is 4.25. The van der Waals surface area contributed by atoms with Gasteiger partial charge in [0, 0.05) is 0 Å². The quantitative estimate of drug-likeness (QED) is 0.857. The molecule has 1 atom stereocenters. The molecule has 0 aromatic heterocycles. The lowest BCUT2D eigenvalue weighted by atomic mass is 9.81. The lowest BCUT2D eigenvalue weighted by Gasteiger charge is -2.26. The topological polar surface area (TPSA) is 52.3 Å². The second-order valence-corrected chi connectivity index (χ2v) is 7.38. The Morgan fingerprint density at radius 2 is 1.86 bits per heavy atom. The molecule has 2 rings (SSSR count). The van der Waals surface area contributed by atoms with Gasteiger partial charge in [0.15, 0.2) is 0 Å². The lowest BCUT2D eigenvalue weighted by Crippen LogP contribution is -2.39. The highest BCUT2D eigenvalue weighted by Crippen LogP contribution is 2.34. The molecule has 0 aliphatic heterocycles. The van der Waals surface area contributed by atoms with Crippen molar-refractivity contribution in [3.63, 3.8) is 0 Å². The summed E-state index contributed by atoms with van der Waals surface area (Å²) in [6.45, 7) is 5.61. The molecule has 0 saturated heterocycles. The third-order valence-corrected chi connectivity index (χ3v) is 4.25. The number of hydrogen-bond acceptors (Lipinski definition) is 3. The van der Waals surface area contributed by atoms with E-state index in [1.807, 2.05) is 26.8 Å². The maximum atomic E-state index is 12.1. The summed E-state index contributed by atoms with van der Waals surface area (Å²) < 4.78 is 5.39. The molecule has 1 aliphatic rings. The van der Waals surface area contributed by atoms with Gasteiger partial charge in [-0.3, -0.25) is 4.79 Å². The molecule has 1 saturated carbocycles. The molecular formula is C19H29NO2. The number of rotatable bonds is 4. The van der Waals surface area contributed by atoms with Crippen molar-refractivity contribution in [1.82, 2.24) is 0 Å². The molecular weight excluding hydrogens is 274 g/mol. The van der Waals surface area contributed by atoms with Crippen LogP contribution in [-0.4, -0.2) is 17.6 Å². The molecule has 0 bridgehead atoms. The molecule has 122 valence electrons. The largest absolute Gasteiger partial charge is 0.459 e. The summed E-state index contributed by atoms with van der Waals surface area (Å²) in [7, 11) is 0. The van der Waals surface area contributed by atoms with E-state index >= 15 is 0 Å². The highest BCUT2D eigenvalue weighted by atomic mass is 16.6. The van der Waals surface area contributed by atoms with Crippen LogP contribution in [0.5, 0.6) is 0 Å². The van der Waals surface area contributed by atoms with E-state index in [1.54, 1.807) is 0 Å². The van der Waals surface area contributed by atoms with Crippen LogP contribution in [0.1, 0.15) is 69.9 Å². The molecule has 0 radical (unpaired) electrons. The summed E-state index contributed by atoms with van der Waals surface area (Å²) in [5.74, 6) is 0.307. The molecule has 2 N–H and O–H groups in total. The van der Waals surface area contributed by atoms with E-state index in [0.717, 1.165) is 0 Å². The van der Waals surface area contributed by atoms with Crippen LogP contribution in [0.4, 0.5) is 0 Å². The van der Waals surface area contributed by atoms with Gasteiger partial charge in [0.05, 0.1) is 0 Å². The Balaban J connectivity index is 2.07.